The van der Waals surface area contributed by atoms with E-state index in [-0.39, 0.29) is 24.5 Å². The average Bonchev–Trinajstić information content (AvgIpc) is 3.33. The van der Waals surface area contributed by atoms with E-state index >= 15 is 0 Å². The summed E-state index contributed by atoms with van der Waals surface area (Å²) in [4.78, 5) is 41.9. The molecule has 3 aromatic carbocycles. The summed E-state index contributed by atoms with van der Waals surface area (Å²) in [5, 5.41) is 6.47. The fourth-order valence-electron chi connectivity index (χ4n) is 3.88. The molecule has 0 aliphatic heterocycles. The van der Waals surface area contributed by atoms with Crippen molar-refractivity contribution in [1.82, 2.24) is 10.3 Å². The van der Waals surface area contributed by atoms with Gasteiger partial charge in [0.05, 0.1) is 25.0 Å². The van der Waals surface area contributed by atoms with Gasteiger partial charge in [0, 0.05) is 17.3 Å². The van der Waals surface area contributed by atoms with Crippen molar-refractivity contribution in [2.45, 2.75) is 19.4 Å². The third-order valence-corrected chi connectivity index (χ3v) is 5.64. The Kier molecular flexibility index (Phi) is 7.65. The predicted molar refractivity (Wildman–Crippen MR) is 137 cm³/mol. The highest BCUT2D eigenvalue weighted by molar-refractivity contribution is 6.10. The number of amides is 2. The first-order valence-electron chi connectivity index (χ1n) is 11.6. The molecule has 0 saturated carbocycles. The highest BCUT2D eigenvalue weighted by atomic mass is 16.5. The Hall–Kier alpha value is -4.59. The van der Waals surface area contributed by atoms with Crippen LogP contribution in [0.1, 0.15) is 33.3 Å². The van der Waals surface area contributed by atoms with Gasteiger partial charge in [0.2, 0.25) is 0 Å². The van der Waals surface area contributed by atoms with Crippen LogP contribution in [0.15, 0.2) is 78.9 Å². The molecule has 36 heavy (non-hydrogen) atoms. The van der Waals surface area contributed by atoms with E-state index in [4.69, 9.17) is 9.47 Å². The molecular formula is C28H27N3O5. The maximum atomic E-state index is 13.3. The lowest BCUT2D eigenvalue weighted by atomic mass is 10.0. The molecule has 1 unspecified atom stereocenters. The Morgan fingerprint density at radius 3 is 2.47 bits per heavy atom. The monoisotopic (exact) mass is 485 g/mol. The van der Waals surface area contributed by atoms with Crippen LogP contribution in [0.5, 0.6) is 5.75 Å². The predicted octanol–water partition coefficient (Wildman–Crippen LogP) is 4.33. The van der Waals surface area contributed by atoms with Gasteiger partial charge in [-0.2, -0.15) is 0 Å². The molecule has 3 N–H and O–H groups in total. The van der Waals surface area contributed by atoms with Crippen molar-refractivity contribution >= 4 is 34.4 Å². The van der Waals surface area contributed by atoms with E-state index in [1.54, 1.807) is 56.5 Å². The summed E-state index contributed by atoms with van der Waals surface area (Å²) in [6.07, 6.45) is 0.214. The number of rotatable bonds is 9. The van der Waals surface area contributed by atoms with Crippen molar-refractivity contribution in [3.8, 4) is 5.75 Å². The maximum absolute atomic E-state index is 13.3. The molecule has 0 aliphatic carbocycles. The Morgan fingerprint density at radius 1 is 0.917 bits per heavy atom. The number of H-pyrrole nitrogens is 1. The van der Waals surface area contributed by atoms with Crippen LogP contribution < -0.4 is 15.4 Å². The first kappa shape index (κ1) is 24.5. The third kappa shape index (κ3) is 5.72. The Labute approximate surface area is 208 Å². The van der Waals surface area contributed by atoms with Crippen LogP contribution in [0, 0.1) is 0 Å². The summed E-state index contributed by atoms with van der Waals surface area (Å²) < 4.78 is 10.4. The summed E-state index contributed by atoms with van der Waals surface area (Å²) >= 11 is 0. The zero-order valence-corrected chi connectivity index (χ0v) is 20.0. The van der Waals surface area contributed by atoms with Crippen molar-refractivity contribution < 1.29 is 23.9 Å². The summed E-state index contributed by atoms with van der Waals surface area (Å²) in [5.41, 5.74) is 2.55. The Bertz CT molecular complexity index is 1360. The van der Waals surface area contributed by atoms with Crippen molar-refractivity contribution in [3.05, 3.63) is 95.7 Å². The lowest BCUT2D eigenvalue weighted by molar-refractivity contribution is -0.145. The average molecular weight is 486 g/mol. The zero-order valence-electron chi connectivity index (χ0n) is 20.0. The van der Waals surface area contributed by atoms with Crippen LogP contribution in [0.3, 0.4) is 0 Å². The molecule has 8 nitrogen and oxygen atoms in total. The van der Waals surface area contributed by atoms with Gasteiger partial charge >= 0.3 is 5.97 Å². The maximum Gasteiger partial charge on any atom is 0.328 e. The van der Waals surface area contributed by atoms with Crippen molar-refractivity contribution in [1.29, 1.82) is 0 Å². The molecule has 0 fully saturated rings. The Morgan fingerprint density at radius 2 is 1.69 bits per heavy atom. The number of anilines is 1. The number of ether oxygens (including phenoxy) is 2. The van der Waals surface area contributed by atoms with Crippen molar-refractivity contribution in [2.75, 3.05) is 19.0 Å². The molecule has 0 spiro atoms. The van der Waals surface area contributed by atoms with E-state index in [0.29, 0.717) is 17.1 Å². The van der Waals surface area contributed by atoms with Crippen molar-refractivity contribution in [3.63, 3.8) is 0 Å². The van der Waals surface area contributed by atoms with Crippen LogP contribution in [-0.4, -0.2) is 42.5 Å². The molecule has 184 valence electrons. The van der Waals surface area contributed by atoms with Crippen molar-refractivity contribution in [2.24, 2.45) is 0 Å². The quantitative estimate of drug-likeness (QED) is 0.306. The van der Waals surface area contributed by atoms with Crippen LogP contribution >= 0.6 is 0 Å². The van der Waals surface area contributed by atoms with Crippen LogP contribution in [-0.2, 0) is 16.0 Å². The number of aromatic nitrogens is 1. The standard InChI is InChI=1S/C28H27N3O5/c1-3-36-28(34)25(16-18-9-8-11-20(15-18)35-2)31-26(32)21-12-5-7-14-23(21)30-27(33)24-17-19-10-4-6-13-22(19)29-24/h4-15,17,25,29H,3,16H2,1-2H3,(H,30,33)(H,31,32). The van der Waals surface area contributed by atoms with E-state index in [0.717, 1.165) is 16.5 Å². The minimum Gasteiger partial charge on any atom is -0.497 e. The second-order valence-electron chi connectivity index (χ2n) is 8.10. The van der Waals surface area contributed by atoms with Crippen LogP contribution in [0.25, 0.3) is 10.9 Å². The van der Waals surface area contributed by atoms with Gasteiger partial charge in [0.15, 0.2) is 0 Å². The van der Waals surface area contributed by atoms with Gasteiger partial charge in [-0.3, -0.25) is 9.59 Å². The van der Waals surface area contributed by atoms with E-state index in [1.807, 2.05) is 36.4 Å². The lowest BCUT2D eigenvalue weighted by Crippen LogP contribution is -2.43. The number of benzene rings is 3. The number of fused-ring (bicyclic) bond motifs is 1. The summed E-state index contributed by atoms with van der Waals surface area (Å²) in [6.45, 7) is 1.89. The number of nitrogens with one attached hydrogen (secondary N) is 3. The van der Waals surface area contributed by atoms with Gasteiger partial charge in [-0.25, -0.2) is 4.79 Å². The molecule has 1 aromatic heterocycles. The third-order valence-electron chi connectivity index (χ3n) is 5.64. The van der Waals surface area contributed by atoms with E-state index in [9.17, 15) is 14.4 Å². The topological polar surface area (TPSA) is 110 Å². The molecule has 0 aliphatic rings. The highest BCUT2D eigenvalue weighted by Crippen LogP contribution is 2.20. The zero-order chi connectivity index (χ0) is 25.5. The van der Waals surface area contributed by atoms with E-state index < -0.39 is 17.9 Å². The van der Waals surface area contributed by atoms with Gasteiger partial charge in [-0.1, -0.05) is 42.5 Å². The van der Waals surface area contributed by atoms with E-state index in [2.05, 4.69) is 15.6 Å². The van der Waals surface area contributed by atoms with Gasteiger partial charge in [-0.15, -0.1) is 0 Å². The largest absolute Gasteiger partial charge is 0.497 e. The van der Waals surface area contributed by atoms with Gasteiger partial charge in [-0.05, 0) is 48.9 Å². The fraction of sp³-hybridized carbons (Fsp3) is 0.179. The molecule has 8 heteroatoms. The number of aromatic amines is 1. The molecule has 0 radical (unpaired) electrons. The number of para-hydroxylation sites is 2. The molecule has 2 amide bonds. The number of carbonyl (C=O) groups is 3. The number of hydrogen-bond acceptors (Lipinski definition) is 5. The van der Waals surface area contributed by atoms with Gasteiger partial charge < -0.3 is 25.1 Å². The SMILES string of the molecule is CCOC(=O)C(Cc1cccc(OC)c1)NC(=O)c1ccccc1NC(=O)c1cc2ccccc2[nH]1. The molecule has 0 bridgehead atoms. The number of esters is 1. The van der Waals surface area contributed by atoms with Crippen LogP contribution in [0.2, 0.25) is 0 Å². The summed E-state index contributed by atoms with van der Waals surface area (Å²) in [5.74, 6) is -0.798. The van der Waals surface area contributed by atoms with E-state index in [1.165, 1.54) is 0 Å². The Balaban J connectivity index is 1.53. The first-order valence-corrected chi connectivity index (χ1v) is 11.6. The minimum absolute atomic E-state index is 0.181. The first-order chi connectivity index (χ1) is 17.5. The minimum atomic E-state index is -0.929. The molecule has 4 aromatic rings. The number of carbonyl (C=O) groups excluding carboxylic acids is 3. The summed E-state index contributed by atoms with van der Waals surface area (Å²) in [7, 11) is 1.56. The molecule has 1 atom stereocenters. The smallest absolute Gasteiger partial charge is 0.328 e. The lowest BCUT2D eigenvalue weighted by Gasteiger charge is -2.19. The molecule has 4 rings (SSSR count). The molecular weight excluding hydrogens is 458 g/mol. The van der Waals surface area contributed by atoms with Crippen LogP contribution in [0.4, 0.5) is 5.69 Å². The van der Waals surface area contributed by atoms with Gasteiger partial charge in [0.25, 0.3) is 11.8 Å². The summed E-state index contributed by atoms with van der Waals surface area (Å²) in [6, 6.07) is 22.3. The molecule has 0 saturated heterocycles. The van der Waals surface area contributed by atoms with Gasteiger partial charge in [0.1, 0.15) is 17.5 Å². The normalized spacial score (nSPS) is 11.5. The fourth-order valence-corrected chi connectivity index (χ4v) is 3.88. The number of methoxy groups -OCH3 is 1. The second kappa shape index (κ2) is 11.2. The molecule has 1 heterocycles. The second-order valence-corrected chi connectivity index (χ2v) is 8.10. The highest BCUT2D eigenvalue weighted by Gasteiger charge is 2.25. The number of hydrogen-bond donors (Lipinski definition) is 3.